The van der Waals surface area contributed by atoms with Crippen molar-refractivity contribution in [2.45, 2.75) is 44.6 Å². The third-order valence-electron chi connectivity index (χ3n) is 5.48. The summed E-state index contributed by atoms with van der Waals surface area (Å²) >= 11 is 1.81. The molecule has 4 rings (SSSR count). The summed E-state index contributed by atoms with van der Waals surface area (Å²) in [5.41, 5.74) is 1.67. The van der Waals surface area contributed by atoms with Gasteiger partial charge in [-0.2, -0.15) is 0 Å². The zero-order chi connectivity index (χ0) is 22.6. The minimum absolute atomic E-state index is 0.0868. The van der Waals surface area contributed by atoms with Gasteiger partial charge in [-0.25, -0.2) is 4.68 Å². The van der Waals surface area contributed by atoms with E-state index in [1.165, 1.54) is 0 Å². The Morgan fingerprint density at radius 3 is 2.62 bits per heavy atom. The summed E-state index contributed by atoms with van der Waals surface area (Å²) in [5, 5.41) is 17.2. The third-order valence-corrected chi connectivity index (χ3v) is 6.69. The fourth-order valence-electron chi connectivity index (χ4n) is 3.67. The summed E-state index contributed by atoms with van der Waals surface area (Å²) in [4.78, 5) is 14.3. The third kappa shape index (κ3) is 6.01. The average Bonchev–Trinajstić information content (AvgIpc) is 3.48. The number of carbonyl (C=O) groups excluding carboxylic acids is 1. The van der Waals surface area contributed by atoms with Crippen molar-refractivity contribution in [3.63, 3.8) is 0 Å². The van der Waals surface area contributed by atoms with E-state index in [9.17, 15) is 4.79 Å². The zero-order valence-electron chi connectivity index (χ0n) is 18.7. The molecule has 1 unspecified atom stereocenters. The molecular weight excluding hydrogens is 428 g/mol. The van der Waals surface area contributed by atoms with Crippen LogP contribution in [0.25, 0.3) is 5.69 Å². The molecule has 32 heavy (non-hydrogen) atoms. The van der Waals surface area contributed by atoms with Crippen LogP contribution >= 0.6 is 11.8 Å². The number of nitrogens with zero attached hydrogens (tertiary/aromatic N) is 5. The van der Waals surface area contributed by atoms with Gasteiger partial charge in [0, 0.05) is 13.1 Å². The van der Waals surface area contributed by atoms with E-state index in [0.29, 0.717) is 17.9 Å². The molecule has 3 heterocycles. The highest BCUT2D eigenvalue weighted by Crippen LogP contribution is 2.33. The van der Waals surface area contributed by atoms with Gasteiger partial charge in [0.1, 0.15) is 25.3 Å². The summed E-state index contributed by atoms with van der Waals surface area (Å²) in [6, 6.07) is 7.66. The number of thioether (sulfide) groups is 1. The Kier molecular flexibility index (Phi) is 7.00. The van der Waals surface area contributed by atoms with Crippen molar-refractivity contribution < 1.29 is 14.3 Å². The maximum absolute atomic E-state index is 12.4. The van der Waals surface area contributed by atoms with Crippen molar-refractivity contribution >= 4 is 17.7 Å². The average molecular weight is 459 g/mol. The number of benzene rings is 1. The molecule has 172 valence electrons. The largest absolute Gasteiger partial charge is 0.487 e. The lowest BCUT2D eigenvalue weighted by molar-refractivity contribution is -0.142. The molecule has 1 atom stereocenters. The second kappa shape index (κ2) is 9.91. The quantitative estimate of drug-likeness (QED) is 0.677. The number of rotatable bonds is 7. The number of hydrogen-bond acceptors (Lipinski definition) is 8. The predicted octanol–water partition coefficient (Wildman–Crippen LogP) is 2.60. The summed E-state index contributed by atoms with van der Waals surface area (Å²) in [5.74, 6) is 1.41. The lowest BCUT2D eigenvalue weighted by Gasteiger charge is -2.35. The number of carbonyl (C=O) groups is 1. The van der Waals surface area contributed by atoms with Crippen LogP contribution in [0.2, 0.25) is 0 Å². The molecule has 10 heteroatoms. The highest BCUT2D eigenvalue weighted by atomic mass is 32.2. The Hall–Kier alpha value is -2.59. The van der Waals surface area contributed by atoms with Crippen LogP contribution in [0.1, 0.15) is 33.6 Å². The maximum atomic E-state index is 12.4. The van der Waals surface area contributed by atoms with Crippen LogP contribution in [0.3, 0.4) is 0 Å². The van der Waals surface area contributed by atoms with Crippen LogP contribution in [0, 0.1) is 5.92 Å². The molecule has 0 radical (unpaired) electrons. The summed E-state index contributed by atoms with van der Waals surface area (Å²) in [6.07, 6.45) is 3.54. The summed E-state index contributed by atoms with van der Waals surface area (Å²) in [6.45, 7) is 8.13. The summed E-state index contributed by atoms with van der Waals surface area (Å²) in [7, 11) is 0. The first-order chi connectivity index (χ1) is 15.4. The Morgan fingerprint density at radius 1 is 1.22 bits per heavy atom. The predicted molar refractivity (Wildman–Crippen MR) is 122 cm³/mol. The van der Waals surface area contributed by atoms with Gasteiger partial charge in [0.05, 0.1) is 22.4 Å². The van der Waals surface area contributed by atoms with Gasteiger partial charge in [-0.1, -0.05) is 0 Å². The Morgan fingerprint density at radius 2 is 1.97 bits per heavy atom. The first kappa shape index (κ1) is 22.6. The lowest BCUT2D eigenvalue weighted by atomic mass is 9.96. The Bertz CT molecular complexity index is 918. The SMILES string of the molecule is CC(C)(C)OCC(=O)N1CCC(C2NC(COc3ccc(-n4cnnn4)cc3)=CS2)CC1. The minimum atomic E-state index is -0.292. The molecule has 2 aliphatic heterocycles. The van der Waals surface area contributed by atoms with Gasteiger partial charge in [-0.15, -0.1) is 16.9 Å². The fraction of sp³-hybridized carbons (Fsp3) is 0.545. The number of tetrazole rings is 1. The topological polar surface area (TPSA) is 94.4 Å². The fourth-order valence-corrected chi connectivity index (χ4v) is 4.83. The molecule has 2 aliphatic rings. The van der Waals surface area contributed by atoms with Crippen molar-refractivity contribution in [3.8, 4) is 11.4 Å². The molecule has 2 aromatic rings. The van der Waals surface area contributed by atoms with E-state index in [0.717, 1.165) is 43.1 Å². The Balaban J connectivity index is 1.18. The van der Waals surface area contributed by atoms with Crippen molar-refractivity contribution in [1.82, 2.24) is 30.4 Å². The molecule has 1 N–H and O–H groups in total. The van der Waals surface area contributed by atoms with Gasteiger partial charge in [0.2, 0.25) is 5.91 Å². The first-order valence-electron chi connectivity index (χ1n) is 10.9. The molecule has 0 saturated carbocycles. The van der Waals surface area contributed by atoms with E-state index in [1.807, 2.05) is 61.7 Å². The molecule has 1 aromatic heterocycles. The smallest absolute Gasteiger partial charge is 0.248 e. The Labute approximate surface area is 192 Å². The monoisotopic (exact) mass is 458 g/mol. The molecular formula is C22H30N6O3S. The van der Waals surface area contributed by atoms with E-state index in [-0.39, 0.29) is 18.1 Å². The van der Waals surface area contributed by atoms with Crippen LogP contribution in [-0.2, 0) is 9.53 Å². The highest BCUT2D eigenvalue weighted by molar-refractivity contribution is 8.03. The van der Waals surface area contributed by atoms with Gasteiger partial charge < -0.3 is 19.7 Å². The molecule has 1 saturated heterocycles. The van der Waals surface area contributed by atoms with Gasteiger partial charge >= 0.3 is 0 Å². The number of ether oxygens (including phenoxy) is 2. The molecule has 0 spiro atoms. The van der Waals surface area contributed by atoms with Crippen LogP contribution in [-0.4, -0.2) is 68.3 Å². The number of amides is 1. The summed E-state index contributed by atoms with van der Waals surface area (Å²) < 4.78 is 13.2. The molecule has 0 bridgehead atoms. The van der Waals surface area contributed by atoms with Gasteiger partial charge in [0.15, 0.2) is 0 Å². The van der Waals surface area contributed by atoms with Crippen molar-refractivity contribution in [2.24, 2.45) is 5.92 Å². The van der Waals surface area contributed by atoms with Crippen LogP contribution in [0.4, 0.5) is 0 Å². The molecule has 0 aliphatic carbocycles. The number of aromatic nitrogens is 4. The normalized spacial score (nSPS) is 19.5. The lowest BCUT2D eigenvalue weighted by Crippen LogP contribution is -2.44. The van der Waals surface area contributed by atoms with Crippen LogP contribution in [0.5, 0.6) is 5.75 Å². The number of hydrogen-bond donors (Lipinski definition) is 1. The van der Waals surface area contributed by atoms with E-state index >= 15 is 0 Å². The van der Waals surface area contributed by atoms with Gasteiger partial charge in [0.25, 0.3) is 0 Å². The zero-order valence-corrected chi connectivity index (χ0v) is 19.5. The molecule has 1 aromatic carbocycles. The second-order valence-corrected chi connectivity index (χ2v) is 10.0. The first-order valence-corrected chi connectivity index (χ1v) is 11.8. The standard InChI is InChI=1S/C22H30N6O3S/c1-22(2,3)31-13-20(29)27-10-8-16(9-11-27)21-24-17(14-32-21)12-30-19-6-4-18(5-7-19)28-15-23-25-26-28/h4-7,14-16,21,24H,8-13H2,1-3H3. The van der Waals surface area contributed by atoms with E-state index in [2.05, 4.69) is 26.3 Å². The van der Waals surface area contributed by atoms with E-state index in [4.69, 9.17) is 9.47 Å². The number of piperidine rings is 1. The van der Waals surface area contributed by atoms with Crippen molar-refractivity contribution in [1.29, 1.82) is 0 Å². The second-order valence-electron chi connectivity index (χ2n) is 9.00. The van der Waals surface area contributed by atoms with Crippen LogP contribution < -0.4 is 10.1 Å². The number of nitrogens with one attached hydrogen (secondary N) is 1. The van der Waals surface area contributed by atoms with Crippen molar-refractivity contribution in [3.05, 3.63) is 41.7 Å². The van der Waals surface area contributed by atoms with E-state index < -0.39 is 0 Å². The highest BCUT2D eigenvalue weighted by Gasteiger charge is 2.31. The minimum Gasteiger partial charge on any atom is -0.487 e. The molecule has 1 amide bonds. The van der Waals surface area contributed by atoms with Crippen molar-refractivity contribution in [2.75, 3.05) is 26.3 Å². The van der Waals surface area contributed by atoms with E-state index in [1.54, 1.807) is 11.0 Å². The maximum Gasteiger partial charge on any atom is 0.248 e. The molecule has 1 fully saturated rings. The number of likely N-dealkylation sites (tertiary alicyclic amines) is 1. The van der Waals surface area contributed by atoms with Gasteiger partial charge in [-0.3, -0.25) is 4.79 Å². The molecule has 9 nitrogen and oxygen atoms in total. The van der Waals surface area contributed by atoms with Crippen LogP contribution in [0.15, 0.2) is 41.7 Å². The van der Waals surface area contributed by atoms with Gasteiger partial charge in [-0.05, 0) is 79.6 Å².